The zero-order valence-electron chi connectivity index (χ0n) is 17.7. The molecule has 1 aliphatic rings. The first-order valence-corrected chi connectivity index (χ1v) is 11.8. The van der Waals surface area contributed by atoms with Gasteiger partial charge in [0.05, 0.1) is 17.7 Å². The Morgan fingerprint density at radius 3 is 2.44 bits per heavy atom. The molecule has 1 N–H and O–H groups in total. The molecule has 1 aliphatic heterocycles. The number of carbonyl (C=O) groups is 1. The number of anilines is 2. The fourth-order valence-corrected chi connectivity index (χ4v) is 5.20. The Morgan fingerprint density at radius 1 is 1.00 bits per heavy atom. The van der Waals surface area contributed by atoms with Crippen molar-refractivity contribution in [2.45, 2.75) is 17.7 Å². The topological polar surface area (TPSA) is 75.7 Å². The van der Waals surface area contributed by atoms with E-state index in [1.54, 1.807) is 25.3 Å². The number of nitrogens with zero attached hydrogens (tertiary/aromatic N) is 1. The number of nitrogens with one attached hydrogen (secondary N) is 1. The maximum absolute atomic E-state index is 13.2. The molecule has 4 rings (SSSR count). The molecular weight excluding hydrogens is 424 g/mol. The number of methoxy groups -OCH3 is 1. The molecule has 1 heterocycles. The van der Waals surface area contributed by atoms with Crippen LogP contribution in [-0.4, -0.2) is 28.0 Å². The largest absolute Gasteiger partial charge is 0.497 e. The van der Waals surface area contributed by atoms with Crippen LogP contribution in [-0.2, 0) is 21.2 Å². The normalized spacial score (nSPS) is 13.6. The number of hydrogen-bond donors (Lipinski definition) is 1. The average molecular weight is 449 g/mol. The Hall–Kier alpha value is -3.58. The number of para-hydroxylation sites is 1. The second-order valence-corrected chi connectivity index (χ2v) is 9.29. The van der Waals surface area contributed by atoms with Gasteiger partial charge in [0.1, 0.15) is 5.75 Å². The first-order chi connectivity index (χ1) is 15.5. The van der Waals surface area contributed by atoms with Crippen LogP contribution in [0, 0.1) is 0 Å². The SMILES string of the molecule is COc1ccc(/C=C/C(=O)Nc2ccc(S(=O)(=O)N3CCCc4ccccc43)cc2)cc1. The van der Waals surface area contributed by atoms with Crippen LogP contribution in [0.5, 0.6) is 5.75 Å². The number of ether oxygens (including phenoxy) is 1. The standard InChI is InChI=1S/C25H24N2O4S/c1-31-22-13-8-19(9-14-22)10-17-25(28)26-21-11-15-23(16-12-21)32(29,30)27-18-4-6-20-5-2-3-7-24(20)27/h2-3,5,7-17H,4,6,18H2,1H3,(H,26,28)/b17-10+. The van der Waals surface area contributed by atoms with Crippen LogP contribution in [0.25, 0.3) is 6.08 Å². The van der Waals surface area contributed by atoms with Gasteiger partial charge in [-0.15, -0.1) is 0 Å². The molecule has 32 heavy (non-hydrogen) atoms. The van der Waals surface area contributed by atoms with Gasteiger partial charge >= 0.3 is 0 Å². The molecular formula is C25H24N2O4S. The fraction of sp³-hybridized carbons (Fsp3) is 0.160. The Bertz CT molecular complexity index is 1230. The first-order valence-electron chi connectivity index (χ1n) is 10.3. The van der Waals surface area contributed by atoms with E-state index in [2.05, 4.69) is 5.32 Å². The van der Waals surface area contributed by atoms with Crippen molar-refractivity contribution < 1.29 is 17.9 Å². The van der Waals surface area contributed by atoms with E-state index in [9.17, 15) is 13.2 Å². The van der Waals surface area contributed by atoms with Gasteiger partial charge in [-0.25, -0.2) is 8.42 Å². The molecule has 0 atom stereocenters. The van der Waals surface area contributed by atoms with Crippen LogP contribution in [0.1, 0.15) is 17.5 Å². The highest BCUT2D eigenvalue weighted by molar-refractivity contribution is 7.92. The number of hydrogen-bond acceptors (Lipinski definition) is 4. The summed E-state index contributed by atoms with van der Waals surface area (Å²) in [5.74, 6) is 0.441. The highest BCUT2D eigenvalue weighted by Crippen LogP contribution is 2.32. The minimum atomic E-state index is -3.68. The van der Waals surface area contributed by atoms with E-state index in [4.69, 9.17) is 4.74 Å². The molecule has 0 aromatic heterocycles. The van der Waals surface area contributed by atoms with Crippen molar-refractivity contribution in [3.63, 3.8) is 0 Å². The molecule has 0 radical (unpaired) electrons. The molecule has 0 saturated carbocycles. The van der Waals surface area contributed by atoms with E-state index in [1.165, 1.54) is 22.5 Å². The maximum Gasteiger partial charge on any atom is 0.264 e. The van der Waals surface area contributed by atoms with Crippen molar-refractivity contribution in [3.8, 4) is 5.75 Å². The van der Waals surface area contributed by atoms with Gasteiger partial charge in [-0.3, -0.25) is 9.10 Å². The number of aryl methyl sites for hydroxylation is 1. The third-order valence-corrected chi connectivity index (χ3v) is 7.15. The summed E-state index contributed by atoms with van der Waals surface area (Å²) in [6.07, 6.45) is 4.78. The number of benzene rings is 3. The molecule has 3 aromatic rings. The summed E-state index contributed by atoms with van der Waals surface area (Å²) < 4.78 is 33.0. The quantitative estimate of drug-likeness (QED) is 0.564. The molecule has 3 aromatic carbocycles. The van der Waals surface area contributed by atoms with Crippen molar-refractivity contribution in [1.29, 1.82) is 0 Å². The number of sulfonamides is 1. The first kappa shape index (κ1) is 21.6. The number of rotatable bonds is 6. The van der Waals surface area contributed by atoms with Gasteiger partial charge in [0.25, 0.3) is 10.0 Å². The number of carbonyl (C=O) groups excluding carboxylic acids is 1. The predicted octanol–water partition coefficient (Wildman–Crippen LogP) is 4.49. The Labute approximate surface area is 188 Å². The second kappa shape index (κ2) is 9.28. The molecule has 0 bridgehead atoms. The molecule has 0 fully saturated rings. The summed E-state index contributed by atoms with van der Waals surface area (Å²) in [6.45, 7) is 0.452. The fourth-order valence-electron chi connectivity index (χ4n) is 3.66. The van der Waals surface area contributed by atoms with Crippen LogP contribution in [0.4, 0.5) is 11.4 Å². The predicted molar refractivity (Wildman–Crippen MR) is 126 cm³/mol. The van der Waals surface area contributed by atoms with Crippen molar-refractivity contribution in [2.75, 3.05) is 23.3 Å². The lowest BCUT2D eigenvalue weighted by Crippen LogP contribution is -2.35. The third-order valence-electron chi connectivity index (χ3n) is 5.32. The molecule has 7 heteroatoms. The summed E-state index contributed by atoms with van der Waals surface area (Å²) in [5, 5.41) is 2.75. The summed E-state index contributed by atoms with van der Waals surface area (Å²) in [5.41, 5.74) is 3.16. The van der Waals surface area contributed by atoms with Crippen LogP contribution in [0.3, 0.4) is 0 Å². The molecule has 1 amide bonds. The summed E-state index contributed by atoms with van der Waals surface area (Å²) >= 11 is 0. The summed E-state index contributed by atoms with van der Waals surface area (Å²) in [6, 6.07) is 21.2. The minimum absolute atomic E-state index is 0.195. The van der Waals surface area contributed by atoms with Gasteiger partial charge in [-0.05, 0) is 72.5 Å². The van der Waals surface area contributed by atoms with Crippen molar-refractivity contribution in [3.05, 3.63) is 90.0 Å². The smallest absolute Gasteiger partial charge is 0.264 e. The van der Waals surface area contributed by atoms with Gasteiger partial charge in [-0.1, -0.05) is 30.3 Å². The Kier molecular flexibility index (Phi) is 6.28. The molecule has 6 nitrogen and oxygen atoms in total. The van der Waals surface area contributed by atoms with Crippen LogP contribution < -0.4 is 14.4 Å². The summed E-state index contributed by atoms with van der Waals surface area (Å²) in [7, 11) is -2.08. The Morgan fingerprint density at radius 2 is 1.72 bits per heavy atom. The van der Waals surface area contributed by atoms with Crippen LogP contribution >= 0.6 is 0 Å². The molecule has 0 aliphatic carbocycles. The Balaban J connectivity index is 1.45. The van der Waals surface area contributed by atoms with E-state index < -0.39 is 10.0 Å². The van der Waals surface area contributed by atoms with E-state index in [-0.39, 0.29) is 10.8 Å². The minimum Gasteiger partial charge on any atom is -0.497 e. The highest BCUT2D eigenvalue weighted by atomic mass is 32.2. The third kappa shape index (κ3) is 4.68. The van der Waals surface area contributed by atoms with E-state index >= 15 is 0 Å². The second-order valence-electron chi connectivity index (χ2n) is 7.43. The highest BCUT2D eigenvalue weighted by Gasteiger charge is 2.28. The molecule has 164 valence electrons. The van der Waals surface area contributed by atoms with Gasteiger partial charge in [-0.2, -0.15) is 0 Å². The van der Waals surface area contributed by atoms with Crippen molar-refractivity contribution >= 4 is 33.4 Å². The van der Waals surface area contributed by atoms with Crippen LogP contribution in [0.15, 0.2) is 83.8 Å². The monoisotopic (exact) mass is 448 g/mol. The van der Waals surface area contributed by atoms with Gasteiger partial charge < -0.3 is 10.1 Å². The van der Waals surface area contributed by atoms with E-state index in [1.807, 2.05) is 48.5 Å². The van der Waals surface area contributed by atoms with Crippen molar-refractivity contribution in [1.82, 2.24) is 0 Å². The summed E-state index contributed by atoms with van der Waals surface area (Å²) in [4.78, 5) is 12.4. The molecule has 0 unspecified atom stereocenters. The van der Waals surface area contributed by atoms with Crippen LogP contribution in [0.2, 0.25) is 0 Å². The molecule has 0 spiro atoms. The van der Waals surface area contributed by atoms with Gasteiger partial charge in [0.2, 0.25) is 5.91 Å². The number of amides is 1. The van der Waals surface area contributed by atoms with Crippen molar-refractivity contribution in [2.24, 2.45) is 0 Å². The van der Waals surface area contributed by atoms with Gasteiger partial charge in [0, 0.05) is 18.3 Å². The average Bonchev–Trinajstić information content (AvgIpc) is 2.83. The lowest BCUT2D eigenvalue weighted by Gasteiger charge is -2.30. The maximum atomic E-state index is 13.2. The van der Waals surface area contributed by atoms with E-state index in [0.717, 1.165) is 35.4 Å². The van der Waals surface area contributed by atoms with Gasteiger partial charge in [0.15, 0.2) is 0 Å². The molecule has 0 saturated heterocycles. The number of fused-ring (bicyclic) bond motifs is 1. The zero-order valence-corrected chi connectivity index (χ0v) is 18.5. The lowest BCUT2D eigenvalue weighted by atomic mass is 10.0. The zero-order chi connectivity index (χ0) is 22.6. The lowest BCUT2D eigenvalue weighted by molar-refractivity contribution is -0.111. The van der Waals surface area contributed by atoms with E-state index in [0.29, 0.717) is 12.2 Å².